The standard InChI is InChI=1S/C22H25N2O3P/c1-23-10-8-15(9-11-23)20-13-21(25)24-14-17(5-7-22(24)28-20)16-4-6-18(26-2)19(12-16)27-3/h4-8,12-14,22,28H,9-11H2,1-3H3. The van der Waals surface area contributed by atoms with Crippen LogP contribution in [0.2, 0.25) is 0 Å². The van der Waals surface area contributed by atoms with E-state index in [0.717, 1.165) is 30.6 Å². The van der Waals surface area contributed by atoms with Gasteiger partial charge in [-0.1, -0.05) is 32.9 Å². The molecule has 0 radical (unpaired) electrons. The second kappa shape index (κ2) is 7.94. The lowest BCUT2D eigenvalue weighted by Gasteiger charge is -2.35. The van der Waals surface area contributed by atoms with Crippen LogP contribution in [0.5, 0.6) is 11.5 Å². The fourth-order valence-electron chi connectivity index (χ4n) is 3.67. The van der Waals surface area contributed by atoms with Gasteiger partial charge in [0, 0.05) is 25.4 Å². The average molecular weight is 396 g/mol. The van der Waals surface area contributed by atoms with Crippen molar-refractivity contribution in [1.82, 2.24) is 9.80 Å². The molecule has 3 aliphatic rings. The first-order valence-corrected chi connectivity index (χ1v) is 10.5. The van der Waals surface area contributed by atoms with Crippen molar-refractivity contribution in [2.45, 2.75) is 12.2 Å². The van der Waals surface area contributed by atoms with Crippen LogP contribution in [-0.2, 0) is 4.79 Å². The van der Waals surface area contributed by atoms with Gasteiger partial charge >= 0.3 is 0 Å². The molecule has 2 unspecified atom stereocenters. The van der Waals surface area contributed by atoms with Crippen molar-refractivity contribution in [1.29, 1.82) is 0 Å². The van der Waals surface area contributed by atoms with Gasteiger partial charge in [0.15, 0.2) is 11.5 Å². The average Bonchev–Trinajstić information content (AvgIpc) is 2.73. The third-order valence-electron chi connectivity index (χ3n) is 5.34. The Hall–Kier alpha value is -2.36. The molecule has 0 fully saturated rings. The molecule has 0 N–H and O–H groups in total. The van der Waals surface area contributed by atoms with Crippen LogP contribution < -0.4 is 9.47 Å². The molecule has 0 saturated carbocycles. The molecular formula is C22H25N2O3P. The molecule has 3 aliphatic heterocycles. The van der Waals surface area contributed by atoms with Crippen LogP contribution >= 0.6 is 8.58 Å². The molecule has 4 rings (SSSR count). The smallest absolute Gasteiger partial charge is 0.252 e. The number of carbonyl (C=O) groups is 1. The number of ether oxygens (including phenoxy) is 2. The Kier molecular flexibility index (Phi) is 5.38. The Morgan fingerprint density at radius 2 is 2.00 bits per heavy atom. The minimum Gasteiger partial charge on any atom is -0.493 e. The fraction of sp³-hybridized carbons (Fsp3) is 0.318. The van der Waals surface area contributed by atoms with E-state index in [0.29, 0.717) is 20.1 Å². The van der Waals surface area contributed by atoms with Crippen LogP contribution in [0.3, 0.4) is 0 Å². The van der Waals surface area contributed by atoms with Crippen molar-refractivity contribution in [2.24, 2.45) is 0 Å². The predicted molar refractivity (Wildman–Crippen MR) is 114 cm³/mol. The minimum absolute atomic E-state index is 0.0564. The summed E-state index contributed by atoms with van der Waals surface area (Å²) in [6.45, 7) is 2.01. The summed E-state index contributed by atoms with van der Waals surface area (Å²) in [4.78, 5) is 17.0. The van der Waals surface area contributed by atoms with Gasteiger partial charge in [-0.2, -0.15) is 0 Å². The van der Waals surface area contributed by atoms with Crippen molar-refractivity contribution >= 4 is 20.1 Å². The topological polar surface area (TPSA) is 42.0 Å². The predicted octanol–water partition coefficient (Wildman–Crippen LogP) is 3.61. The Morgan fingerprint density at radius 1 is 1.18 bits per heavy atom. The van der Waals surface area contributed by atoms with Gasteiger partial charge in [0.1, 0.15) is 0 Å². The van der Waals surface area contributed by atoms with Gasteiger partial charge in [-0.3, -0.25) is 4.79 Å². The summed E-state index contributed by atoms with van der Waals surface area (Å²) in [6, 6.07) is 5.81. The van der Waals surface area contributed by atoms with E-state index in [-0.39, 0.29) is 11.7 Å². The third kappa shape index (κ3) is 3.65. The highest BCUT2D eigenvalue weighted by Crippen LogP contribution is 2.44. The van der Waals surface area contributed by atoms with Gasteiger partial charge in [0.05, 0.1) is 20.0 Å². The zero-order chi connectivity index (χ0) is 19.7. The van der Waals surface area contributed by atoms with Crippen LogP contribution in [0.1, 0.15) is 12.0 Å². The highest BCUT2D eigenvalue weighted by Gasteiger charge is 2.29. The highest BCUT2D eigenvalue weighted by atomic mass is 31.1. The van der Waals surface area contributed by atoms with E-state index in [4.69, 9.17) is 9.47 Å². The molecule has 146 valence electrons. The van der Waals surface area contributed by atoms with Gasteiger partial charge in [-0.05, 0) is 47.6 Å². The minimum atomic E-state index is 0.0564. The number of rotatable bonds is 4. The molecule has 6 heteroatoms. The van der Waals surface area contributed by atoms with E-state index >= 15 is 0 Å². The maximum Gasteiger partial charge on any atom is 0.252 e. The summed E-state index contributed by atoms with van der Waals surface area (Å²) in [5.74, 6) is 1.54. The van der Waals surface area contributed by atoms with Crippen LogP contribution in [0, 0.1) is 0 Å². The molecule has 0 bridgehead atoms. The van der Waals surface area contributed by atoms with E-state index in [9.17, 15) is 4.79 Å². The summed E-state index contributed by atoms with van der Waals surface area (Å²) in [5.41, 5.74) is 3.33. The zero-order valence-electron chi connectivity index (χ0n) is 16.4. The largest absolute Gasteiger partial charge is 0.493 e. The highest BCUT2D eigenvalue weighted by molar-refractivity contribution is 7.44. The summed E-state index contributed by atoms with van der Waals surface area (Å²) in [7, 11) is 5.96. The summed E-state index contributed by atoms with van der Waals surface area (Å²) in [5, 5.41) is 1.21. The Morgan fingerprint density at radius 3 is 2.71 bits per heavy atom. The molecule has 2 atom stereocenters. The normalized spacial score (nSPS) is 23.1. The van der Waals surface area contributed by atoms with Gasteiger partial charge < -0.3 is 19.3 Å². The SMILES string of the molecule is COc1ccc(C2=CN3C(=O)C=C(C4=CCN(C)CC4)PC3C=C2)cc1OC. The maximum atomic E-state index is 12.8. The van der Waals surface area contributed by atoms with Crippen molar-refractivity contribution in [2.75, 3.05) is 34.4 Å². The lowest BCUT2D eigenvalue weighted by atomic mass is 10.0. The number of nitrogens with zero attached hydrogens (tertiary/aromatic N) is 2. The number of hydrogen-bond acceptors (Lipinski definition) is 4. The first-order valence-electron chi connectivity index (χ1n) is 9.40. The van der Waals surface area contributed by atoms with Crippen LogP contribution in [0.15, 0.2) is 59.6 Å². The number of amides is 1. The number of benzene rings is 1. The van der Waals surface area contributed by atoms with Crippen molar-refractivity contribution in [3.63, 3.8) is 0 Å². The van der Waals surface area contributed by atoms with Gasteiger partial charge in [-0.25, -0.2) is 0 Å². The van der Waals surface area contributed by atoms with Gasteiger partial charge in [0.25, 0.3) is 5.91 Å². The van der Waals surface area contributed by atoms with Gasteiger partial charge in [-0.15, -0.1) is 0 Å². The van der Waals surface area contributed by atoms with Crippen LogP contribution in [0.25, 0.3) is 5.57 Å². The molecule has 1 aromatic rings. The molecule has 3 heterocycles. The number of likely N-dealkylation sites (N-methyl/N-ethyl adjacent to an activating group) is 1. The van der Waals surface area contributed by atoms with E-state index in [2.05, 4.69) is 30.2 Å². The lowest BCUT2D eigenvalue weighted by molar-refractivity contribution is -0.123. The van der Waals surface area contributed by atoms with E-state index in [1.165, 1.54) is 10.9 Å². The summed E-state index contributed by atoms with van der Waals surface area (Å²) in [6.07, 6.45) is 11.3. The monoisotopic (exact) mass is 396 g/mol. The zero-order valence-corrected chi connectivity index (χ0v) is 17.4. The fourth-order valence-corrected chi connectivity index (χ4v) is 5.14. The molecular weight excluding hydrogens is 371 g/mol. The Balaban J connectivity index is 1.59. The lowest BCUT2D eigenvalue weighted by Crippen LogP contribution is -2.36. The second-order valence-electron chi connectivity index (χ2n) is 7.15. The first kappa shape index (κ1) is 19.0. The molecule has 5 nitrogen and oxygen atoms in total. The molecule has 0 spiro atoms. The van der Waals surface area contributed by atoms with E-state index < -0.39 is 0 Å². The number of fused-ring (bicyclic) bond motifs is 1. The molecule has 0 aromatic heterocycles. The number of methoxy groups -OCH3 is 2. The summed E-state index contributed by atoms with van der Waals surface area (Å²) < 4.78 is 10.7. The number of allylic oxidation sites excluding steroid dienone is 3. The van der Waals surface area contributed by atoms with Crippen LogP contribution in [0.4, 0.5) is 0 Å². The quantitative estimate of drug-likeness (QED) is 0.730. The molecule has 28 heavy (non-hydrogen) atoms. The molecule has 0 aliphatic carbocycles. The number of hydrogen-bond donors (Lipinski definition) is 0. The Labute approximate surface area is 167 Å². The van der Waals surface area contributed by atoms with E-state index in [1.54, 1.807) is 14.2 Å². The van der Waals surface area contributed by atoms with Gasteiger partial charge in [0.2, 0.25) is 0 Å². The molecule has 1 aromatic carbocycles. The maximum absolute atomic E-state index is 12.8. The van der Waals surface area contributed by atoms with Crippen molar-refractivity contribution in [3.05, 3.63) is 65.2 Å². The number of carbonyl (C=O) groups excluding carboxylic acids is 1. The Bertz CT molecular complexity index is 916. The third-order valence-corrected chi connectivity index (χ3v) is 6.88. The molecule has 1 amide bonds. The van der Waals surface area contributed by atoms with Crippen molar-refractivity contribution < 1.29 is 14.3 Å². The van der Waals surface area contributed by atoms with E-state index in [1.807, 2.05) is 35.4 Å². The van der Waals surface area contributed by atoms with Crippen LogP contribution in [-0.4, -0.2) is 55.8 Å². The second-order valence-corrected chi connectivity index (χ2v) is 8.57. The van der Waals surface area contributed by atoms with Crippen molar-refractivity contribution in [3.8, 4) is 11.5 Å². The first-order chi connectivity index (χ1) is 13.6. The summed E-state index contributed by atoms with van der Waals surface area (Å²) >= 11 is 0. The molecule has 0 saturated heterocycles.